The number of benzene rings is 1. The lowest BCUT2D eigenvalue weighted by Gasteiger charge is -2.25. The minimum atomic E-state index is 0.465. The molecule has 0 saturated carbocycles. The van der Waals surface area contributed by atoms with Crippen LogP contribution in [-0.2, 0) is 6.42 Å². The number of hydrogen-bond donors (Lipinski definition) is 1. The van der Waals surface area contributed by atoms with E-state index in [2.05, 4.69) is 34.2 Å². The molecule has 1 aromatic rings. The van der Waals surface area contributed by atoms with Crippen molar-refractivity contribution in [1.29, 1.82) is 0 Å². The van der Waals surface area contributed by atoms with Gasteiger partial charge in [0.2, 0.25) is 0 Å². The van der Waals surface area contributed by atoms with Crippen LogP contribution in [0, 0.1) is 0 Å². The van der Waals surface area contributed by atoms with Crippen LogP contribution in [0.5, 0.6) is 11.5 Å². The zero-order valence-electron chi connectivity index (χ0n) is 10.6. The van der Waals surface area contributed by atoms with E-state index in [1.54, 1.807) is 0 Å². The van der Waals surface area contributed by atoms with Crippen LogP contribution in [0.25, 0.3) is 0 Å². The van der Waals surface area contributed by atoms with Crippen LogP contribution in [0.3, 0.4) is 0 Å². The van der Waals surface area contributed by atoms with Gasteiger partial charge in [0.25, 0.3) is 0 Å². The van der Waals surface area contributed by atoms with Crippen LogP contribution in [0.4, 0.5) is 0 Å². The Labute approximate surface area is 116 Å². The molecule has 1 N–H and O–H groups in total. The summed E-state index contributed by atoms with van der Waals surface area (Å²) < 4.78 is 12.5. The van der Waals surface area contributed by atoms with E-state index in [1.165, 1.54) is 24.0 Å². The first-order valence-electron chi connectivity index (χ1n) is 6.65. The quantitative estimate of drug-likeness (QED) is 0.909. The summed E-state index contributed by atoms with van der Waals surface area (Å²) in [6, 6.07) is 2.63. The highest BCUT2D eigenvalue weighted by Gasteiger charge is 2.26. The number of nitrogens with one attached hydrogen (secondary N) is 1. The molecule has 18 heavy (non-hydrogen) atoms. The Morgan fingerprint density at radius 3 is 2.94 bits per heavy atom. The van der Waals surface area contributed by atoms with Gasteiger partial charge in [0.05, 0.1) is 4.47 Å². The maximum absolute atomic E-state index is 5.72. The molecule has 1 fully saturated rings. The Morgan fingerprint density at radius 2 is 2.22 bits per heavy atom. The van der Waals surface area contributed by atoms with E-state index in [-0.39, 0.29) is 0 Å². The standard InChI is InChI=1S/C14H18BrNO2/c1-2-9-10(11-4-3-5-16-11)8-12-14(13(9)15)18-7-6-17-12/h8,11,16H,2-7H2,1H3. The average Bonchev–Trinajstić information content (AvgIpc) is 2.92. The maximum Gasteiger partial charge on any atom is 0.175 e. The number of fused-ring (bicyclic) bond motifs is 1. The molecule has 0 radical (unpaired) electrons. The number of rotatable bonds is 2. The van der Waals surface area contributed by atoms with Gasteiger partial charge >= 0.3 is 0 Å². The minimum absolute atomic E-state index is 0.465. The molecule has 3 rings (SSSR count). The topological polar surface area (TPSA) is 30.5 Å². The first-order valence-corrected chi connectivity index (χ1v) is 7.44. The number of halogens is 1. The molecule has 1 aromatic carbocycles. The third kappa shape index (κ3) is 2.01. The largest absolute Gasteiger partial charge is 0.486 e. The van der Waals surface area contributed by atoms with Gasteiger partial charge in [-0.3, -0.25) is 0 Å². The van der Waals surface area contributed by atoms with Crippen molar-refractivity contribution in [2.45, 2.75) is 32.2 Å². The molecular weight excluding hydrogens is 294 g/mol. The third-order valence-corrected chi connectivity index (χ3v) is 4.54. The summed E-state index contributed by atoms with van der Waals surface area (Å²) in [6.45, 7) is 4.58. The molecule has 98 valence electrons. The van der Waals surface area contributed by atoms with Crippen molar-refractivity contribution in [3.05, 3.63) is 21.7 Å². The van der Waals surface area contributed by atoms with Crippen LogP contribution in [0.15, 0.2) is 10.5 Å². The highest BCUT2D eigenvalue weighted by atomic mass is 79.9. The zero-order valence-corrected chi connectivity index (χ0v) is 12.2. The summed E-state index contributed by atoms with van der Waals surface area (Å²) in [7, 11) is 0. The Bertz CT molecular complexity index is 456. The predicted octanol–water partition coefficient (Wildman–Crippen LogP) is 3.21. The SMILES string of the molecule is CCc1c(C2CCCN2)cc2c(c1Br)OCCO2. The molecular formula is C14H18BrNO2. The molecule has 0 aliphatic carbocycles. The van der Waals surface area contributed by atoms with Crippen LogP contribution >= 0.6 is 15.9 Å². The van der Waals surface area contributed by atoms with Gasteiger partial charge in [-0.05, 0) is 58.9 Å². The molecule has 0 spiro atoms. The molecule has 1 unspecified atom stereocenters. The second kappa shape index (κ2) is 5.10. The van der Waals surface area contributed by atoms with Gasteiger partial charge < -0.3 is 14.8 Å². The summed E-state index contributed by atoms with van der Waals surface area (Å²) in [4.78, 5) is 0. The predicted molar refractivity (Wildman–Crippen MR) is 74.5 cm³/mol. The fraction of sp³-hybridized carbons (Fsp3) is 0.571. The fourth-order valence-electron chi connectivity index (χ4n) is 2.82. The van der Waals surface area contributed by atoms with Gasteiger partial charge in [0, 0.05) is 6.04 Å². The highest BCUT2D eigenvalue weighted by molar-refractivity contribution is 9.10. The van der Waals surface area contributed by atoms with Gasteiger partial charge in [-0.15, -0.1) is 0 Å². The molecule has 0 amide bonds. The number of hydrogen-bond acceptors (Lipinski definition) is 3. The van der Waals surface area contributed by atoms with Gasteiger partial charge in [-0.25, -0.2) is 0 Å². The van der Waals surface area contributed by atoms with E-state index in [4.69, 9.17) is 9.47 Å². The molecule has 4 heteroatoms. The molecule has 0 aromatic heterocycles. The fourth-order valence-corrected chi connectivity index (χ4v) is 3.64. The molecule has 1 saturated heterocycles. The van der Waals surface area contributed by atoms with Crippen molar-refractivity contribution in [2.24, 2.45) is 0 Å². The lowest BCUT2D eigenvalue weighted by Crippen LogP contribution is -2.19. The molecule has 0 bridgehead atoms. The average molecular weight is 312 g/mol. The van der Waals surface area contributed by atoms with Crippen molar-refractivity contribution in [1.82, 2.24) is 5.32 Å². The van der Waals surface area contributed by atoms with Gasteiger partial charge in [0.1, 0.15) is 13.2 Å². The maximum atomic E-state index is 5.72. The minimum Gasteiger partial charge on any atom is -0.486 e. The Morgan fingerprint density at radius 1 is 1.39 bits per heavy atom. The number of ether oxygens (including phenoxy) is 2. The molecule has 3 nitrogen and oxygen atoms in total. The molecule has 2 heterocycles. The first kappa shape index (κ1) is 12.3. The van der Waals surface area contributed by atoms with Gasteiger partial charge in [0.15, 0.2) is 11.5 Å². The van der Waals surface area contributed by atoms with Crippen LogP contribution in [-0.4, -0.2) is 19.8 Å². The Kier molecular flexibility index (Phi) is 3.48. The molecule has 1 atom stereocenters. The second-order valence-electron chi connectivity index (χ2n) is 4.79. The summed E-state index contributed by atoms with van der Waals surface area (Å²) >= 11 is 3.69. The third-order valence-electron chi connectivity index (χ3n) is 3.70. The van der Waals surface area contributed by atoms with Crippen molar-refractivity contribution in [3.8, 4) is 11.5 Å². The molecule has 2 aliphatic rings. The lowest BCUT2D eigenvalue weighted by atomic mass is 9.96. The highest BCUT2D eigenvalue weighted by Crippen LogP contribution is 2.44. The van der Waals surface area contributed by atoms with E-state index in [0.717, 1.165) is 28.9 Å². The normalized spacial score (nSPS) is 22.2. The summed E-state index contributed by atoms with van der Waals surface area (Å²) in [5.74, 6) is 1.76. The van der Waals surface area contributed by atoms with Crippen LogP contribution < -0.4 is 14.8 Å². The Balaban J connectivity index is 2.09. The van der Waals surface area contributed by atoms with E-state index >= 15 is 0 Å². The van der Waals surface area contributed by atoms with Gasteiger partial charge in [-0.2, -0.15) is 0 Å². The van der Waals surface area contributed by atoms with Gasteiger partial charge in [-0.1, -0.05) is 6.92 Å². The van der Waals surface area contributed by atoms with E-state index in [9.17, 15) is 0 Å². The summed E-state index contributed by atoms with van der Waals surface area (Å²) in [6.07, 6.45) is 3.46. The van der Waals surface area contributed by atoms with Crippen molar-refractivity contribution in [3.63, 3.8) is 0 Å². The monoisotopic (exact) mass is 311 g/mol. The molecule has 2 aliphatic heterocycles. The van der Waals surface area contributed by atoms with E-state index in [0.29, 0.717) is 19.3 Å². The summed E-state index contributed by atoms with van der Waals surface area (Å²) in [5, 5.41) is 3.56. The van der Waals surface area contributed by atoms with Crippen molar-refractivity contribution in [2.75, 3.05) is 19.8 Å². The zero-order chi connectivity index (χ0) is 12.5. The van der Waals surface area contributed by atoms with E-state index < -0.39 is 0 Å². The smallest absolute Gasteiger partial charge is 0.175 e. The Hall–Kier alpha value is -0.740. The van der Waals surface area contributed by atoms with Crippen LogP contribution in [0.1, 0.15) is 36.9 Å². The summed E-state index contributed by atoms with van der Waals surface area (Å²) in [5.41, 5.74) is 2.71. The lowest BCUT2D eigenvalue weighted by molar-refractivity contribution is 0.170. The van der Waals surface area contributed by atoms with E-state index in [1.807, 2.05) is 0 Å². The first-order chi connectivity index (χ1) is 8.81. The second-order valence-corrected chi connectivity index (χ2v) is 5.58. The van der Waals surface area contributed by atoms with Crippen molar-refractivity contribution < 1.29 is 9.47 Å². The van der Waals surface area contributed by atoms with Crippen LogP contribution in [0.2, 0.25) is 0 Å². The van der Waals surface area contributed by atoms with Crippen molar-refractivity contribution >= 4 is 15.9 Å².